The van der Waals surface area contributed by atoms with Gasteiger partial charge in [-0.15, -0.1) is 0 Å². The van der Waals surface area contributed by atoms with Gasteiger partial charge in [-0.1, -0.05) is 6.08 Å². The number of nitrogens with zero attached hydrogens (tertiary/aromatic N) is 1. The second-order valence-corrected chi connectivity index (χ2v) is 3.45. The van der Waals surface area contributed by atoms with E-state index in [4.69, 9.17) is 9.47 Å². The molecule has 0 atom stereocenters. The summed E-state index contributed by atoms with van der Waals surface area (Å²) in [5.74, 6) is 0.0397. The molecule has 1 aromatic rings. The van der Waals surface area contributed by atoms with Gasteiger partial charge in [-0.25, -0.2) is 4.79 Å². The Morgan fingerprint density at radius 1 is 1.60 bits per heavy atom. The van der Waals surface area contributed by atoms with E-state index < -0.39 is 5.97 Å². The van der Waals surface area contributed by atoms with Crippen LogP contribution in [0, 0.1) is 0 Å². The number of methoxy groups -OCH3 is 1. The minimum Gasteiger partial charge on any atom is -0.493 e. The van der Waals surface area contributed by atoms with Crippen molar-refractivity contribution in [1.82, 2.24) is 4.37 Å². The predicted molar refractivity (Wildman–Crippen MR) is 59.3 cm³/mol. The Bertz CT molecular complexity index is 371. The molecule has 0 fully saturated rings. The molecule has 0 aromatic carbocycles. The van der Waals surface area contributed by atoms with Crippen LogP contribution in [0.3, 0.4) is 0 Å². The molecule has 0 spiro atoms. The summed E-state index contributed by atoms with van der Waals surface area (Å²) in [6.45, 7) is 3.98. The highest BCUT2D eigenvalue weighted by molar-refractivity contribution is 7.07. The number of allylic oxidation sites excluding steroid dienone is 1. The number of esters is 1. The second-order valence-electron chi connectivity index (χ2n) is 2.65. The zero-order valence-corrected chi connectivity index (χ0v) is 9.76. The van der Waals surface area contributed by atoms with E-state index in [-0.39, 0.29) is 5.69 Å². The van der Waals surface area contributed by atoms with Gasteiger partial charge in [-0.3, -0.25) is 0 Å². The smallest absolute Gasteiger partial charge is 0.361 e. The molecule has 1 aromatic heterocycles. The van der Waals surface area contributed by atoms with Crippen molar-refractivity contribution in [3.05, 3.63) is 16.6 Å². The molecule has 0 aliphatic carbocycles. The largest absolute Gasteiger partial charge is 0.493 e. The first kappa shape index (κ1) is 11.7. The van der Waals surface area contributed by atoms with Crippen LogP contribution in [0.1, 0.15) is 29.2 Å². The molecule has 0 saturated heterocycles. The molecule has 1 rings (SSSR count). The van der Waals surface area contributed by atoms with Crippen LogP contribution in [-0.4, -0.2) is 24.1 Å². The van der Waals surface area contributed by atoms with E-state index in [1.165, 1.54) is 18.6 Å². The second kappa shape index (κ2) is 5.50. The van der Waals surface area contributed by atoms with Gasteiger partial charge in [-0.2, -0.15) is 4.37 Å². The van der Waals surface area contributed by atoms with Crippen molar-refractivity contribution in [1.29, 1.82) is 0 Å². The summed E-state index contributed by atoms with van der Waals surface area (Å²) in [5, 5.41) is 0. The molecule has 5 heteroatoms. The van der Waals surface area contributed by atoms with Crippen LogP contribution >= 0.6 is 11.5 Å². The number of carbonyl (C=O) groups is 1. The van der Waals surface area contributed by atoms with Crippen LogP contribution < -0.4 is 4.74 Å². The van der Waals surface area contributed by atoms with Gasteiger partial charge in [0.25, 0.3) is 0 Å². The summed E-state index contributed by atoms with van der Waals surface area (Å²) in [6, 6.07) is 0. The number of hydrogen-bond donors (Lipinski definition) is 0. The van der Waals surface area contributed by atoms with Crippen molar-refractivity contribution >= 4 is 23.6 Å². The van der Waals surface area contributed by atoms with E-state index in [2.05, 4.69) is 4.37 Å². The topological polar surface area (TPSA) is 48.4 Å². The minimum absolute atomic E-state index is 0.248. The highest BCUT2D eigenvalue weighted by atomic mass is 32.1. The molecule has 0 unspecified atom stereocenters. The Kier molecular flexibility index (Phi) is 4.30. The van der Waals surface area contributed by atoms with E-state index in [9.17, 15) is 4.79 Å². The first-order chi connectivity index (χ1) is 7.24. The SMILES string of the molecule is C/C=C/c1snc(C(=O)OCC)c1OC. The monoisotopic (exact) mass is 227 g/mol. The van der Waals surface area contributed by atoms with Crippen molar-refractivity contribution in [2.45, 2.75) is 13.8 Å². The third-order valence-electron chi connectivity index (χ3n) is 1.67. The highest BCUT2D eigenvalue weighted by Crippen LogP contribution is 2.29. The molecule has 0 aliphatic rings. The van der Waals surface area contributed by atoms with Crippen molar-refractivity contribution in [3.63, 3.8) is 0 Å². The van der Waals surface area contributed by atoms with E-state index in [1.54, 1.807) is 6.92 Å². The van der Waals surface area contributed by atoms with Gasteiger partial charge in [0, 0.05) is 0 Å². The van der Waals surface area contributed by atoms with Gasteiger partial charge in [0.1, 0.15) is 0 Å². The maximum Gasteiger partial charge on any atom is 0.361 e. The van der Waals surface area contributed by atoms with Gasteiger partial charge in [0.05, 0.1) is 18.6 Å². The summed E-state index contributed by atoms with van der Waals surface area (Å²) >= 11 is 1.22. The first-order valence-electron chi connectivity index (χ1n) is 4.58. The molecule has 0 saturated carbocycles. The van der Waals surface area contributed by atoms with Crippen LogP contribution in [0.2, 0.25) is 0 Å². The van der Waals surface area contributed by atoms with Crippen LogP contribution in [0.5, 0.6) is 5.75 Å². The highest BCUT2D eigenvalue weighted by Gasteiger charge is 2.20. The molecule has 0 radical (unpaired) electrons. The molecular weight excluding hydrogens is 214 g/mol. The average molecular weight is 227 g/mol. The first-order valence-corrected chi connectivity index (χ1v) is 5.35. The summed E-state index contributed by atoms with van der Waals surface area (Å²) < 4.78 is 14.0. The van der Waals surface area contributed by atoms with E-state index >= 15 is 0 Å². The molecule has 0 N–H and O–H groups in total. The van der Waals surface area contributed by atoms with Crippen molar-refractivity contribution in [3.8, 4) is 5.75 Å². The zero-order chi connectivity index (χ0) is 11.3. The lowest BCUT2D eigenvalue weighted by Crippen LogP contribution is -2.06. The van der Waals surface area contributed by atoms with Crippen LogP contribution in [0.4, 0.5) is 0 Å². The summed E-state index contributed by atoms with van der Waals surface area (Å²) in [7, 11) is 1.51. The standard InChI is InChI=1S/C10H13NO3S/c1-4-6-7-9(13-3)8(11-15-7)10(12)14-5-2/h4,6H,5H2,1-3H3/b6-4+. The predicted octanol–water partition coefficient (Wildman–Crippen LogP) is 2.36. The van der Waals surface area contributed by atoms with Crippen LogP contribution in [-0.2, 0) is 4.74 Å². The fraction of sp³-hybridized carbons (Fsp3) is 0.400. The van der Waals surface area contributed by atoms with Gasteiger partial charge in [-0.05, 0) is 31.5 Å². The molecule has 15 heavy (non-hydrogen) atoms. The quantitative estimate of drug-likeness (QED) is 0.741. The number of aromatic nitrogens is 1. The van der Waals surface area contributed by atoms with Gasteiger partial charge < -0.3 is 9.47 Å². The van der Waals surface area contributed by atoms with E-state index in [0.29, 0.717) is 12.4 Å². The van der Waals surface area contributed by atoms with E-state index in [1.807, 2.05) is 19.1 Å². The Labute approximate surface area is 92.7 Å². The Morgan fingerprint density at radius 3 is 2.87 bits per heavy atom. The molecule has 0 aliphatic heterocycles. The third kappa shape index (κ3) is 2.56. The maximum atomic E-state index is 11.5. The maximum absolute atomic E-state index is 11.5. The average Bonchev–Trinajstić information content (AvgIpc) is 2.62. The Balaban J connectivity index is 3.03. The zero-order valence-electron chi connectivity index (χ0n) is 8.94. The lowest BCUT2D eigenvalue weighted by molar-refractivity contribution is 0.0517. The lowest BCUT2D eigenvalue weighted by atomic mass is 10.3. The minimum atomic E-state index is -0.443. The van der Waals surface area contributed by atoms with Crippen molar-refractivity contribution in [2.24, 2.45) is 0 Å². The third-order valence-corrected chi connectivity index (χ3v) is 2.46. The molecule has 1 heterocycles. The number of hydrogen-bond acceptors (Lipinski definition) is 5. The normalized spacial score (nSPS) is 10.6. The van der Waals surface area contributed by atoms with Crippen molar-refractivity contribution < 1.29 is 14.3 Å². The summed E-state index contributed by atoms with van der Waals surface area (Å²) in [6.07, 6.45) is 3.71. The Hall–Kier alpha value is -1.36. The van der Waals surface area contributed by atoms with Crippen LogP contribution in [0.25, 0.3) is 6.08 Å². The number of carbonyl (C=O) groups excluding carboxylic acids is 1. The van der Waals surface area contributed by atoms with Crippen LogP contribution in [0.15, 0.2) is 6.08 Å². The fourth-order valence-electron chi connectivity index (χ4n) is 1.08. The summed E-state index contributed by atoms with van der Waals surface area (Å²) in [5.41, 5.74) is 0.248. The number of ether oxygens (including phenoxy) is 2. The Morgan fingerprint density at radius 2 is 2.33 bits per heavy atom. The van der Waals surface area contributed by atoms with Gasteiger partial charge in [0.2, 0.25) is 5.69 Å². The molecule has 0 amide bonds. The van der Waals surface area contributed by atoms with Gasteiger partial charge >= 0.3 is 5.97 Å². The molecule has 82 valence electrons. The number of rotatable bonds is 4. The molecule has 0 bridgehead atoms. The molecule has 4 nitrogen and oxygen atoms in total. The molecular formula is C10H13NO3S. The van der Waals surface area contributed by atoms with Crippen molar-refractivity contribution in [2.75, 3.05) is 13.7 Å². The van der Waals surface area contributed by atoms with Gasteiger partial charge in [0.15, 0.2) is 5.75 Å². The van der Waals surface area contributed by atoms with E-state index in [0.717, 1.165) is 4.88 Å². The fourth-order valence-corrected chi connectivity index (χ4v) is 1.89. The lowest BCUT2D eigenvalue weighted by Gasteiger charge is -2.01. The summed E-state index contributed by atoms with van der Waals surface area (Å²) in [4.78, 5) is 12.3.